The van der Waals surface area contributed by atoms with Gasteiger partial charge in [0.2, 0.25) is 0 Å². The predicted molar refractivity (Wildman–Crippen MR) is 97.2 cm³/mol. The van der Waals surface area contributed by atoms with E-state index >= 15 is 0 Å². The molecule has 0 bridgehead atoms. The normalized spacial score (nSPS) is 20.9. The molecule has 1 aromatic carbocycles. The van der Waals surface area contributed by atoms with E-state index in [9.17, 15) is 18.0 Å². The van der Waals surface area contributed by atoms with E-state index in [-0.39, 0.29) is 26.1 Å². The zero-order valence-electron chi connectivity index (χ0n) is 14.2. The molecule has 1 aromatic rings. The van der Waals surface area contributed by atoms with Gasteiger partial charge in [-0.1, -0.05) is 43.1 Å². The number of carbonyl (C=O) groups is 2. The number of ether oxygens (including phenoxy) is 1. The molecule has 1 aliphatic carbocycles. The number of rotatable bonds is 3. The maximum absolute atomic E-state index is 12.7. The van der Waals surface area contributed by atoms with Gasteiger partial charge in [0.1, 0.15) is 0 Å². The Bertz CT molecular complexity index is 916. The number of esters is 1. The van der Waals surface area contributed by atoms with Crippen LogP contribution in [0.3, 0.4) is 0 Å². The van der Waals surface area contributed by atoms with E-state index in [0.717, 1.165) is 6.42 Å². The minimum atomic E-state index is -3.99. The van der Waals surface area contributed by atoms with Crippen LogP contribution in [0.5, 0.6) is 0 Å². The van der Waals surface area contributed by atoms with E-state index in [1.54, 1.807) is 6.07 Å². The van der Waals surface area contributed by atoms with Crippen molar-refractivity contribution in [2.75, 3.05) is 6.73 Å². The van der Waals surface area contributed by atoms with Gasteiger partial charge in [0.15, 0.2) is 6.73 Å². The second-order valence-electron chi connectivity index (χ2n) is 6.85. The third-order valence-corrected chi connectivity index (χ3v) is 7.20. The molecule has 0 atom stereocenters. The van der Waals surface area contributed by atoms with Crippen molar-refractivity contribution < 1.29 is 22.7 Å². The van der Waals surface area contributed by atoms with Crippen LogP contribution in [0.1, 0.15) is 43.5 Å². The molecule has 0 aromatic heterocycles. The van der Waals surface area contributed by atoms with Crippen LogP contribution < -0.4 is 0 Å². The number of nitrogens with zero attached hydrogens (tertiary/aromatic N) is 1. The van der Waals surface area contributed by atoms with E-state index in [0.29, 0.717) is 17.1 Å². The number of halogens is 2. The minimum Gasteiger partial charge on any atom is -0.439 e. The Morgan fingerprint density at radius 2 is 1.88 bits per heavy atom. The largest absolute Gasteiger partial charge is 0.439 e. The molecule has 9 heteroatoms. The van der Waals surface area contributed by atoms with E-state index in [1.165, 1.54) is 12.1 Å². The number of sulfonamides is 1. The molecule has 0 spiro atoms. The van der Waals surface area contributed by atoms with Gasteiger partial charge in [-0.15, -0.1) is 0 Å². The summed E-state index contributed by atoms with van der Waals surface area (Å²) in [5.41, 5.74) is -0.323. The molecule has 0 N–H and O–H groups in total. The van der Waals surface area contributed by atoms with Crippen LogP contribution in [-0.4, -0.2) is 31.3 Å². The molecule has 6 nitrogen and oxygen atoms in total. The topological polar surface area (TPSA) is 80.8 Å². The van der Waals surface area contributed by atoms with Crippen molar-refractivity contribution in [3.63, 3.8) is 0 Å². The Kier molecular flexibility index (Phi) is 4.83. The molecule has 0 radical (unpaired) electrons. The summed E-state index contributed by atoms with van der Waals surface area (Å²) in [6.07, 6.45) is 1.71. The van der Waals surface area contributed by atoms with Gasteiger partial charge in [0.05, 0.1) is 20.5 Å². The Balaban J connectivity index is 1.84. The van der Waals surface area contributed by atoms with Crippen LogP contribution >= 0.6 is 23.2 Å². The molecule has 0 saturated carbocycles. The molecular formula is C17H17Cl2NO5S. The molecule has 3 rings (SSSR count). The molecule has 1 heterocycles. The van der Waals surface area contributed by atoms with E-state index in [4.69, 9.17) is 27.9 Å². The fourth-order valence-electron chi connectivity index (χ4n) is 3.36. The third kappa shape index (κ3) is 3.02. The van der Waals surface area contributed by atoms with Gasteiger partial charge in [-0.3, -0.25) is 4.79 Å². The summed E-state index contributed by atoms with van der Waals surface area (Å²) in [5, 5.41) is 0.160. The van der Waals surface area contributed by atoms with Crippen molar-refractivity contribution in [2.24, 2.45) is 5.41 Å². The number of hydrogen-bond donors (Lipinski definition) is 0. The van der Waals surface area contributed by atoms with Crippen molar-refractivity contribution >= 4 is 45.1 Å². The molecule has 0 unspecified atom stereocenters. The van der Waals surface area contributed by atoms with Crippen molar-refractivity contribution in [1.82, 2.24) is 4.31 Å². The van der Waals surface area contributed by atoms with E-state index in [2.05, 4.69) is 0 Å². The van der Waals surface area contributed by atoms with Gasteiger partial charge in [-0.05, 0) is 36.8 Å². The molecule has 140 valence electrons. The number of hydrogen-bond acceptors (Lipinski definition) is 5. The molecule has 1 amide bonds. The molecule has 1 aliphatic heterocycles. The summed E-state index contributed by atoms with van der Waals surface area (Å²) in [6.45, 7) is 2.96. The summed E-state index contributed by atoms with van der Waals surface area (Å²) in [7, 11) is -3.99. The highest BCUT2D eigenvalue weighted by atomic mass is 35.5. The minimum absolute atomic E-state index is 0.0714. The van der Waals surface area contributed by atoms with Gasteiger partial charge in [-0.25, -0.2) is 13.2 Å². The summed E-state index contributed by atoms with van der Waals surface area (Å²) >= 11 is 11.9. The van der Waals surface area contributed by atoms with Crippen molar-refractivity contribution in [3.8, 4) is 0 Å². The fraction of sp³-hybridized carbons (Fsp3) is 0.412. The Labute approximate surface area is 161 Å². The molecule has 0 fully saturated rings. The second kappa shape index (κ2) is 6.55. The second-order valence-corrected chi connectivity index (χ2v) is 9.55. The molecule has 0 saturated heterocycles. The van der Waals surface area contributed by atoms with Crippen molar-refractivity contribution in [2.45, 2.75) is 33.1 Å². The van der Waals surface area contributed by atoms with Crippen LogP contribution in [-0.2, 0) is 19.6 Å². The number of allylic oxidation sites excluding steroid dienone is 1. The van der Waals surface area contributed by atoms with Gasteiger partial charge in [-0.2, -0.15) is 4.31 Å². The Morgan fingerprint density at radius 3 is 2.46 bits per heavy atom. The smallest absolute Gasteiger partial charge is 0.342 e. The predicted octanol–water partition coefficient (Wildman–Crippen LogP) is 3.74. The standard InChI is InChI=1S/C17H17Cl2NO5S/c1-17(2)8-4-7-12-14(17)15(21)20(26(12,23)24)9-25-16(22)13-10(18)5-3-6-11(13)19/h3,5-6H,4,7-9H2,1-2H3. The summed E-state index contributed by atoms with van der Waals surface area (Å²) in [4.78, 5) is 25.1. The van der Waals surface area contributed by atoms with Crippen LogP contribution in [0.2, 0.25) is 10.0 Å². The van der Waals surface area contributed by atoms with Crippen LogP contribution in [0, 0.1) is 5.41 Å². The van der Waals surface area contributed by atoms with Gasteiger partial charge in [0, 0.05) is 5.57 Å². The van der Waals surface area contributed by atoms with Gasteiger partial charge < -0.3 is 4.74 Å². The third-order valence-electron chi connectivity index (χ3n) is 4.68. The number of carbonyl (C=O) groups excluding carboxylic acids is 2. The first-order valence-corrected chi connectivity index (χ1v) is 10.2. The lowest BCUT2D eigenvalue weighted by molar-refractivity contribution is -0.125. The summed E-state index contributed by atoms with van der Waals surface area (Å²) in [5.74, 6) is -1.53. The molecule has 2 aliphatic rings. The zero-order chi connectivity index (χ0) is 19.3. The highest BCUT2D eigenvalue weighted by Crippen LogP contribution is 2.47. The molecular weight excluding hydrogens is 401 g/mol. The summed E-state index contributed by atoms with van der Waals surface area (Å²) < 4.78 is 31.1. The number of amides is 1. The lowest BCUT2D eigenvalue weighted by atomic mass is 9.75. The van der Waals surface area contributed by atoms with Crippen LogP contribution in [0.4, 0.5) is 0 Å². The highest BCUT2D eigenvalue weighted by molar-refractivity contribution is 7.94. The quantitative estimate of drug-likeness (QED) is 0.699. The van der Waals surface area contributed by atoms with Crippen molar-refractivity contribution in [3.05, 3.63) is 44.3 Å². The van der Waals surface area contributed by atoms with E-state index < -0.39 is 34.0 Å². The zero-order valence-corrected chi connectivity index (χ0v) is 16.5. The average molecular weight is 418 g/mol. The van der Waals surface area contributed by atoms with E-state index in [1.807, 2.05) is 13.8 Å². The first-order chi connectivity index (χ1) is 12.1. The Morgan fingerprint density at radius 1 is 1.27 bits per heavy atom. The van der Waals surface area contributed by atoms with Crippen LogP contribution in [0.25, 0.3) is 0 Å². The van der Waals surface area contributed by atoms with Crippen LogP contribution in [0.15, 0.2) is 28.7 Å². The van der Waals surface area contributed by atoms with Crippen molar-refractivity contribution in [1.29, 1.82) is 0 Å². The maximum atomic E-state index is 12.7. The number of benzene rings is 1. The maximum Gasteiger partial charge on any atom is 0.342 e. The first kappa shape index (κ1) is 19.2. The average Bonchev–Trinajstić information content (AvgIpc) is 2.72. The lowest BCUT2D eigenvalue weighted by Gasteiger charge is -2.29. The molecule has 26 heavy (non-hydrogen) atoms. The van der Waals surface area contributed by atoms with Gasteiger partial charge in [0.25, 0.3) is 15.9 Å². The first-order valence-electron chi connectivity index (χ1n) is 7.99. The SMILES string of the molecule is CC1(C)CCCC2=C1C(=O)N(COC(=O)c1c(Cl)cccc1Cl)S2(=O)=O. The fourth-order valence-corrected chi connectivity index (χ4v) is 5.70. The lowest BCUT2D eigenvalue weighted by Crippen LogP contribution is -2.36. The summed E-state index contributed by atoms with van der Waals surface area (Å²) in [6, 6.07) is 4.49. The van der Waals surface area contributed by atoms with Gasteiger partial charge >= 0.3 is 5.97 Å². The monoisotopic (exact) mass is 417 g/mol. The Hall–Kier alpha value is -1.57. The highest BCUT2D eigenvalue weighted by Gasteiger charge is 2.50.